The first kappa shape index (κ1) is 13.0. The first-order valence-corrected chi connectivity index (χ1v) is 6.84. The van der Waals surface area contributed by atoms with Crippen LogP contribution >= 0.6 is 0 Å². The molecule has 18 heavy (non-hydrogen) atoms. The van der Waals surface area contributed by atoms with Gasteiger partial charge >= 0.3 is 0 Å². The molecule has 0 saturated carbocycles. The number of unbranched alkanes of at least 4 members (excludes halogenated alkanes) is 1. The maximum Gasteiger partial charge on any atom is 0.0708 e. The van der Waals surface area contributed by atoms with E-state index < -0.39 is 0 Å². The molecule has 1 aromatic heterocycles. The van der Waals surface area contributed by atoms with Crippen molar-refractivity contribution in [3.8, 4) is 0 Å². The van der Waals surface area contributed by atoms with Gasteiger partial charge < -0.3 is 5.73 Å². The number of pyridine rings is 1. The summed E-state index contributed by atoms with van der Waals surface area (Å²) in [6, 6.07) is 8.81. The van der Waals surface area contributed by atoms with Crippen LogP contribution in [0.25, 0.3) is 10.9 Å². The van der Waals surface area contributed by atoms with Gasteiger partial charge in [-0.3, -0.25) is 4.98 Å². The third kappa shape index (κ3) is 2.88. The van der Waals surface area contributed by atoms with Gasteiger partial charge in [0, 0.05) is 17.5 Å². The SMILES string of the molecule is CCCCc1ccc2nc(CCN)cc(C)c2c1. The highest BCUT2D eigenvalue weighted by molar-refractivity contribution is 5.82. The van der Waals surface area contributed by atoms with Gasteiger partial charge in [-0.25, -0.2) is 0 Å². The summed E-state index contributed by atoms with van der Waals surface area (Å²) in [4.78, 5) is 4.67. The predicted molar refractivity (Wildman–Crippen MR) is 77.9 cm³/mol. The second-order valence-electron chi connectivity index (χ2n) is 4.92. The summed E-state index contributed by atoms with van der Waals surface area (Å²) in [5.74, 6) is 0. The van der Waals surface area contributed by atoms with E-state index in [9.17, 15) is 0 Å². The largest absolute Gasteiger partial charge is 0.330 e. The Balaban J connectivity index is 2.38. The van der Waals surface area contributed by atoms with Crippen molar-refractivity contribution in [2.45, 2.75) is 39.5 Å². The summed E-state index contributed by atoms with van der Waals surface area (Å²) in [6.45, 7) is 5.05. The van der Waals surface area contributed by atoms with Gasteiger partial charge in [0.2, 0.25) is 0 Å². The van der Waals surface area contributed by atoms with Crippen LogP contribution < -0.4 is 5.73 Å². The van der Waals surface area contributed by atoms with E-state index in [1.54, 1.807) is 0 Å². The summed E-state index contributed by atoms with van der Waals surface area (Å²) >= 11 is 0. The zero-order valence-electron chi connectivity index (χ0n) is 11.4. The van der Waals surface area contributed by atoms with Crippen molar-refractivity contribution in [2.24, 2.45) is 5.73 Å². The van der Waals surface area contributed by atoms with Crippen LogP contribution in [-0.4, -0.2) is 11.5 Å². The lowest BCUT2D eigenvalue weighted by atomic mass is 10.0. The number of fused-ring (bicyclic) bond motifs is 1. The minimum Gasteiger partial charge on any atom is -0.330 e. The Morgan fingerprint density at radius 2 is 2.00 bits per heavy atom. The van der Waals surface area contributed by atoms with Crippen molar-refractivity contribution in [3.05, 3.63) is 41.1 Å². The molecule has 2 nitrogen and oxygen atoms in total. The zero-order valence-corrected chi connectivity index (χ0v) is 11.4. The Morgan fingerprint density at radius 3 is 2.72 bits per heavy atom. The Labute approximate surface area is 109 Å². The van der Waals surface area contributed by atoms with Gasteiger partial charge in [0.05, 0.1) is 5.52 Å². The van der Waals surface area contributed by atoms with E-state index in [2.05, 4.69) is 43.1 Å². The van der Waals surface area contributed by atoms with Crippen molar-refractivity contribution in [1.82, 2.24) is 4.98 Å². The van der Waals surface area contributed by atoms with Crippen molar-refractivity contribution in [3.63, 3.8) is 0 Å². The van der Waals surface area contributed by atoms with E-state index in [4.69, 9.17) is 5.73 Å². The van der Waals surface area contributed by atoms with Crippen molar-refractivity contribution in [1.29, 1.82) is 0 Å². The molecule has 2 N–H and O–H groups in total. The number of rotatable bonds is 5. The van der Waals surface area contributed by atoms with Crippen LogP contribution in [0.2, 0.25) is 0 Å². The Kier molecular flexibility index (Phi) is 4.32. The number of nitrogens with two attached hydrogens (primary N) is 1. The molecule has 1 heterocycles. The van der Waals surface area contributed by atoms with Gasteiger partial charge in [0.1, 0.15) is 0 Å². The summed E-state index contributed by atoms with van der Waals surface area (Å²) in [6.07, 6.45) is 4.51. The smallest absolute Gasteiger partial charge is 0.0708 e. The highest BCUT2D eigenvalue weighted by atomic mass is 14.7. The van der Waals surface area contributed by atoms with E-state index in [1.165, 1.54) is 29.4 Å². The molecule has 0 aliphatic carbocycles. The Bertz CT molecular complexity index is 532. The number of aromatic nitrogens is 1. The molecule has 0 radical (unpaired) electrons. The van der Waals surface area contributed by atoms with Gasteiger partial charge in [0.15, 0.2) is 0 Å². The first-order chi connectivity index (χ1) is 8.74. The topological polar surface area (TPSA) is 38.9 Å². The lowest BCUT2D eigenvalue weighted by molar-refractivity contribution is 0.796. The third-order valence-corrected chi connectivity index (χ3v) is 3.35. The van der Waals surface area contributed by atoms with Crippen LogP contribution in [0.4, 0.5) is 0 Å². The van der Waals surface area contributed by atoms with Crippen LogP contribution in [0.15, 0.2) is 24.3 Å². The quantitative estimate of drug-likeness (QED) is 0.873. The number of nitrogens with zero attached hydrogens (tertiary/aromatic N) is 1. The van der Waals surface area contributed by atoms with Crippen LogP contribution in [0, 0.1) is 6.92 Å². The Morgan fingerprint density at radius 1 is 1.17 bits per heavy atom. The summed E-state index contributed by atoms with van der Waals surface area (Å²) in [7, 11) is 0. The fourth-order valence-corrected chi connectivity index (χ4v) is 2.32. The maximum absolute atomic E-state index is 5.59. The van der Waals surface area contributed by atoms with Crippen molar-refractivity contribution >= 4 is 10.9 Å². The average molecular weight is 242 g/mol. The molecule has 0 aliphatic rings. The molecule has 0 amide bonds. The average Bonchev–Trinajstić information content (AvgIpc) is 2.37. The van der Waals surface area contributed by atoms with Gasteiger partial charge in [-0.05, 0) is 55.6 Å². The normalized spacial score (nSPS) is 11.1. The number of aryl methyl sites for hydroxylation is 2. The molecular formula is C16H22N2. The molecule has 0 atom stereocenters. The Hall–Kier alpha value is -1.41. The van der Waals surface area contributed by atoms with E-state index >= 15 is 0 Å². The number of hydrogen-bond acceptors (Lipinski definition) is 2. The highest BCUT2D eigenvalue weighted by Gasteiger charge is 2.03. The van der Waals surface area contributed by atoms with Gasteiger partial charge in [-0.15, -0.1) is 0 Å². The summed E-state index contributed by atoms with van der Waals surface area (Å²) < 4.78 is 0. The van der Waals surface area contributed by atoms with E-state index in [-0.39, 0.29) is 0 Å². The lowest BCUT2D eigenvalue weighted by Gasteiger charge is -2.08. The molecular weight excluding hydrogens is 220 g/mol. The molecule has 2 heteroatoms. The van der Waals surface area contributed by atoms with Crippen LogP contribution in [0.1, 0.15) is 36.6 Å². The van der Waals surface area contributed by atoms with Crippen LogP contribution in [0.5, 0.6) is 0 Å². The second-order valence-corrected chi connectivity index (χ2v) is 4.92. The minimum atomic E-state index is 0.659. The van der Waals surface area contributed by atoms with Gasteiger partial charge in [-0.2, -0.15) is 0 Å². The molecule has 0 fully saturated rings. The van der Waals surface area contributed by atoms with Gasteiger partial charge in [-0.1, -0.05) is 19.4 Å². The molecule has 0 aliphatic heterocycles. The van der Waals surface area contributed by atoms with E-state index in [0.29, 0.717) is 6.54 Å². The minimum absolute atomic E-state index is 0.659. The van der Waals surface area contributed by atoms with Crippen LogP contribution in [0.3, 0.4) is 0 Å². The number of hydrogen-bond donors (Lipinski definition) is 1. The van der Waals surface area contributed by atoms with Gasteiger partial charge in [0.25, 0.3) is 0 Å². The monoisotopic (exact) mass is 242 g/mol. The second kappa shape index (κ2) is 5.96. The molecule has 96 valence electrons. The summed E-state index contributed by atoms with van der Waals surface area (Å²) in [5, 5.41) is 1.28. The maximum atomic E-state index is 5.59. The summed E-state index contributed by atoms with van der Waals surface area (Å²) in [5.41, 5.74) is 10.5. The molecule has 0 saturated heterocycles. The highest BCUT2D eigenvalue weighted by Crippen LogP contribution is 2.20. The lowest BCUT2D eigenvalue weighted by Crippen LogP contribution is -2.05. The van der Waals surface area contributed by atoms with E-state index in [1.807, 2.05) is 0 Å². The molecule has 0 unspecified atom stereocenters. The third-order valence-electron chi connectivity index (χ3n) is 3.35. The molecule has 0 spiro atoms. The van der Waals surface area contributed by atoms with Crippen LogP contribution in [-0.2, 0) is 12.8 Å². The fraction of sp³-hybridized carbons (Fsp3) is 0.438. The van der Waals surface area contributed by atoms with Crippen molar-refractivity contribution < 1.29 is 0 Å². The fourth-order valence-electron chi connectivity index (χ4n) is 2.32. The number of benzene rings is 1. The van der Waals surface area contributed by atoms with E-state index in [0.717, 1.165) is 24.1 Å². The first-order valence-electron chi connectivity index (χ1n) is 6.84. The molecule has 1 aromatic carbocycles. The standard InChI is InChI=1S/C16H22N2/c1-3-4-5-13-6-7-16-15(11-13)12(2)10-14(18-16)8-9-17/h6-7,10-11H,3-5,8-9,17H2,1-2H3. The predicted octanol–water partition coefficient (Wildman–Crippen LogP) is 3.39. The molecule has 0 bridgehead atoms. The zero-order chi connectivity index (χ0) is 13.0. The molecule has 2 aromatic rings. The van der Waals surface area contributed by atoms with Crippen molar-refractivity contribution in [2.75, 3.05) is 6.54 Å². The molecule has 2 rings (SSSR count).